The Kier molecular flexibility index (Phi) is 4.17. The van der Waals surface area contributed by atoms with E-state index in [0.29, 0.717) is 18.8 Å². The zero-order valence-electron chi connectivity index (χ0n) is 11.2. The van der Waals surface area contributed by atoms with Gasteiger partial charge in [-0.3, -0.25) is 4.79 Å². The van der Waals surface area contributed by atoms with Crippen molar-refractivity contribution in [2.24, 2.45) is 11.3 Å². The van der Waals surface area contributed by atoms with E-state index < -0.39 is 21.6 Å². The maximum Gasteiger partial charge on any atom is 0.310 e. The molecule has 19 heavy (non-hydrogen) atoms. The first-order valence-electron chi connectivity index (χ1n) is 6.83. The second-order valence-corrected chi connectivity index (χ2v) is 7.52. The van der Waals surface area contributed by atoms with E-state index in [1.807, 2.05) is 0 Å². The highest BCUT2D eigenvalue weighted by atomic mass is 32.2. The highest BCUT2D eigenvalue weighted by Crippen LogP contribution is 2.38. The molecule has 0 amide bonds. The van der Waals surface area contributed by atoms with Crippen molar-refractivity contribution in [3.63, 3.8) is 0 Å². The first kappa shape index (κ1) is 14.7. The summed E-state index contributed by atoms with van der Waals surface area (Å²) in [4.78, 5) is 11.5. The van der Waals surface area contributed by atoms with Crippen LogP contribution in [0.15, 0.2) is 0 Å². The number of carbonyl (C=O) groups is 1. The average Bonchev–Trinajstić information content (AvgIpc) is 3.12. The topological polar surface area (TPSA) is 95.5 Å². The molecule has 0 unspecified atom stereocenters. The van der Waals surface area contributed by atoms with Gasteiger partial charge in [0.05, 0.1) is 5.41 Å². The van der Waals surface area contributed by atoms with E-state index >= 15 is 0 Å². The van der Waals surface area contributed by atoms with Gasteiger partial charge in [0.1, 0.15) is 0 Å². The molecule has 0 heterocycles. The van der Waals surface area contributed by atoms with E-state index in [1.165, 1.54) is 0 Å². The van der Waals surface area contributed by atoms with Gasteiger partial charge in [-0.05, 0) is 44.4 Å². The smallest absolute Gasteiger partial charge is 0.310 e. The first-order chi connectivity index (χ1) is 8.83. The molecular weight excluding hydrogens is 268 g/mol. The SMILES string of the molecule is CC1CCC(CNS(=O)(=O)NC2CC2)(C(=O)O)CC1. The van der Waals surface area contributed by atoms with Crippen LogP contribution in [0.5, 0.6) is 0 Å². The Morgan fingerprint density at radius 2 is 1.84 bits per heavy atom. The Morgan fingerprint density at radius 1 is 1.26 bits per heavy atom. The molecule has 0 atom stereocenters. The van der Waals surface area contributed by atoms with E-state index in [1.54, 1.807) is 0 Å². The van der Waals surface area contributed by atoms with E-state index in [-0.39, 0.29) is 12.6 Å². The first-order valence-corrected chi connectivity index (χ1v) is 8.32. The Balaban J connectivity index is 1.95. The van der Waals surface area contributed by atoms with Gasteiger partial charge in [0, 0.05) is 12.6 Å². The summed E-state index contributed by atoms with van der Waals surface area (Å²) in [6.07, 6.45) is 4.48. The highest BCUT2D eigenvalue weighted by Gasteiger charge is 2.42. The molecular formula is C12H22N2O4S. The van der Waals surface area contributed by atoms with E-state index in [9.17, 15) is 18.3 Å². The number of hydrogen-bond donors (Lipinski definition) is 3. The molecule has 0 spiro atoms. The summed E-state index contributed by atoms with van der Waals surface area (Å²) in [5.74, 6) is -0.373. The van der Waals surface area contributed by atoms with Gasteiger partial charge in [-0.25, -0.2) is 4.72 Å². The summed E-state index contributed by atoms with van der Waals surface area (Å²) in [5.41, 5.74) is -0.940. The maximum atomic E-state index is 11.7. The van der Waals surface area contributed by atoms with Crippen LogP contribution in [0.25, 0.3) is 0 Å². The molecule has 0 aliphatic heterocycles. The van der Waals surface area contributed by atoms with Gasteiger partial charge in [-0.15, -0.1) is 0 Å². The molecule has 0 radical (unpaired) electrons. The van der Waals surface area contributed by atoms with Crippen molar-refractivity contribution in [1.82, 2.24) is 9.44 Å². The van der Waals surface area contributed by atoms with Gasteiger partial charge in [0.15, 0.2) is 0 Å². The highest BCUT2D eigenvalue weighted by molar-refractivity contribution is 7.87. The van der Waals surface area contributed by atoms with Crippen LogP contribution in [-0.4, -0.2) is 32.1 Å². The van der Waals surface area contributed by atoms with Crippen molar-refractivity contribution >= 4 is 16.2 Å². The minimum atomic E-state index is -3.57. The van der Waals surface area contributed by atoms with Crippen molar-refractivity contribution < 1.29 is 18.3 Å². The summed E-state index contributed by atoms with van der Waals surface area (Å²) in [5, 5.41) is 9.41. The number of rotatable bonds is 6. The van der Waals surface area contributed by atoms with Crippen LogP contribution >= 0.6 is 0 Å². The van der Waals surface area contributed by atoms with Crippen molar-refractivity contribution in [3.05, 3.63) is 0 Å². The standard InChI is InChI=1S/C12H22N2O4S/c1-9-4-6-12(7-5-9,11(15)16)8-13-19(17,18)14-10-2-3-10/h9-10,13-14H,2-8H2,1H3,(H,15,16). The quantitative estimate of drug-likeness (QED) is 0.676. The van der Waals surface area contributed by atoms with Gasteiger partial charge in [-0.1, -0.05) is 6.92 Å². The summed E-state index contributed by atoms with van der Waals surface area (Å²) in [6, 6.07) is 0.0321. The maximum absolute atomic E-state index is 11.7. The molecule has 2 saturated carbocycles. The van der Waals surface area contributed by atoms with Gasteiger partial charge in [0.2, 0.25) is 0 Å². The van der Waals surface area contributed by atoms with Crippen molar-refractivity contribution in [2.45, 2.75) is 51.5 Å². The summed E-state index contributed by atoms with van der Waals surface area (Å²) >= 11 is 0. The Labute approximate surface area is 114 Å². The Bertz CT molecular complexity index is 437. The van der Waals surface area contributed by atoms with Crippen molar-refractivity contribution in [3.8, 4) is 0 Å². The molecule has 0 aromatic rings. The molecule has 7 heteroatoms. The van der Waals surface area contributed by atoms with E-state index in [0.717, 1.165) is 25.7 Å². The van der Waals surface area contributed by atoms with Crippen LogP contribution in [0.2, 0.25) is 0 Å². The average molecular weight is 290 g/mol. The summed E-state index contributed by atoms with van der Waals surface area (Å²) < 4.78 is 28.4. The Hall–Kier alpha value is -0.660. The zero-order valence-corrected chi connectivity index (χ0v) is 12.0. The number of hydrogen-bond acceptors (Lipinski definition) is 3. The minimum Gasteiger partial charge on any atom is -0.481 e. The lowest BCUT2D eigenvalue weighted by molar-refractivity contribution is -0.151. The molecule has 2 rings (SSSR count). The van der Waals surface area contributed by atoms with Gasteiger partial charge in [0.25, 0.3) is 10.2 Å². The minimum absolute atomic E-state index is 0.0168. The van der Waals surface area contributed by atoms with Gasteiger partial charge >= 0.3 is 5.97 Å². The molecule has 6 nitrogen and oxygen atoms in total. The normalized spacial score (nSPS) is 32.2. The Morgan fingerprint density at radius 3 is 2.32 bits per heavy atom. The fraction of sp³-hybridized carbons (Fsp3) is 0.917. The van der Waals surface area contributed by atoms with Crippen molar-refractivity contribution in [2.75, 3.05) is 6.54 Å². The molecule has 0 saturated heterocycles. The van der Waals surface area contributed by atoms with Crippen LogP contribution in [0.1, 0.15) is 45.4 Å². The second-order valence-electron chi connectivity index (χ2n) is 5.98. The molecule has 2 aliphatic rings. The number of carboxylic acids is 1. The van der Waals surface area contributed by atoms with Crippen LogP contribution in [0.4, 0.5) is 0 Å². The lowest BCUT2D eigenvalue weighted by Gasteiger charge is -2.35. The zero-order chi connectivity index (χ0) is 14.1. The lowest BCUT2D eigenvalue weighted by atomic mass is 9.71. The third-order valence-electron chi connectivity index (χ3n) is 4.18. The molecule has 0 aromatic heterocycles. The van der Waals surface area contributed by atoms with E-state index in [2.05, 4.69) is 16.4 Å². The number of carboxylic acid groups (broad SMARTS) is 1. The second kappa shape index (κ2) is 5.38. The molecule has 2 aliphatic carbocycles. The van der Waals surface area contributed by atoms with Gasteiger partial charge in [-0.2, -0.15) is 13.1 Å². The van der Waals surface area contributed by atoms with Crippen LogP contribution in [0.3, 0.4) is 0 Å². The fourth-order valence-corrected chi connectivity index (χ4v) is 3.70. The van der Waals surface area contributed by atoms with Crippen LogP contribution < -0.4 is 9.44 Å². The molecule has 0 bridgehead atoms. The third-order valence-corrected chi connectivity index (χ3v) is 5.35. The summed E-state index contributed by atoms with van der Waals surface area (Å²) in [7, 11) is -3.57. The van der Waals surface area contributed by atoms with Gasteiger partial charge < -0.3 is 5.11 Å². The van der Waals surface area contributed by atoms with Crippen LogP contribution in [0, 0.1) is 11.3 Å². The van der Waals surface area contributed by atoms with Crippen molar-refractivity contribution in [1.29, 1.82) is 0 Å². The summed E-state index contributed by atoms with van der Waals surface area (Å²) in [6.45, 7) is 2.09. The number of aliphatic carboxylic acids is 1. The number of nitrogens with one attached hydrogen (secondary N) is 2. The third kappa shape index (κ3) is 3.90. The van der Waals surface area contributed by atoms with Crippen LogP contribution in [-0.2, 0) is 15.0 Å². The largest absolute Gasteiger partial charge is 0.481 e. The fourth-order valence-electron chi connectivity index (χ4n) is 2.48. The molecule has 2 fully saturated rings. The monoisotopic (exact) mass is 290 g/mol. The molecule has 0 aromatic carbocycles. The molecule has 3 N–H and O–H groups in total. The predicted molar refractivity (Wildman–Crippen MR) is 70.8 cm³/mol. The molecule has 110 valence electrons. The van der Waals surface area contributed by atoms with E-state index in [4.69, 9.17) is 0 Å². The lowest BCUT2D eigenvalue weighted by Crippen LogP contribution is -2.48. The predicted octanol–water partition coefficient (Wildman–Crippen LogP) is 0.854.